The minimum absolute atomic E-state index is 0.0328. The highest BCUT2D eigenvalue weighted by atomic mass is 32.2. The maximum absolute atomic E-state index is 12.9. The molecule has 1 N–H and O–H groups in total. The minimum atomic E-state index is -3.78. The first-order valence-electron chi connectivity index (χ1n) is 8.76. The fourth-order valence-corrected chi connectivity index (χ4v) is 3.60. The molecule has 26 heavy (non-hydrogen) atoms. The van der Waals surface area contributed by atoms with E-state index in [1.807, 2.05) is 58.0 Å². The summed E-state index contributed by atoms with van der Waals surface area (Å²) < 4.78 is 40.8. The minimum Gasteiger partial charge on any atom is -0.352 e. The first-order chi connectivity index (χ1) is 12.4. The van der Waals surface area contributed by atoms with Gasteiger partial charge in [0, 0.05) is 31.0 Å². The van der Waals surface area contributed by atoms with Crippen LogP contribution in [0, 0.1) is 0 Å². The van der Waals surface area contributed by atoms with Crippen LogP contribution in [0.15, 0.2) is 41.4 Å². The van der Waals surface area contributed by atoms with Gasteiger partial charge >= 0.3 is 0 Å². The van der Waals surface area contributed by atoms with Crippen molar-refractivity contribution in [2.75, 3.05) is 19.8 Å². The molecule has 1 heterocycles. The second-order valence-corrected chi connectivity index (χ2v) is 7.71. The van der Waals surface area contributed by atoms with Crippen molar-refractivity contribution in [3.63, 3.8) is 0 Å². The van der Waals surface area contributed by atoms with Crippen molar-refractivity contribution in [1.82, 2.24) is 14.5 Å². The van der Waals surface area contributed by atoms with E-state index >= 15 is 0 Å². The Morgan fingerprint density at radius 1 is 1.12 bits per heavy atom. The molecular weight excluding hydrogens is 354 g/mol. The summed E-state index contributed by atoms with van der Waals surface area (Å²) in [4.78, 5) is 0.143. The van der Waals surface area contributed by atoms with Gasteiger partial charge in [0.15, 0.2) is 6.29 Å². The Hall–Kier alpha value is -1.74. The van der Waals surface area contributed by atoms with E-state index < -0.39 is 16.3 Å². The smallest absolute Gasteiger partial charge is 0.244 e. The lowest BCUT2D eigenvalue weighted by Gasteiger charge is -2.17. The quantitative estimate of drug-likeness (QED) is 0.640. The number of nitrogens with zero attached hydrogens (tertiary/aromatic N) is 2. The summed E-state index contributed by atoms with van der Waals surface area (Å²) in [6.07, 6.45) is 0.936. The molecule has 144 valence electrons. The molecule has 0 unspecified atom stereocenters. The van der Waals surface area contributed by atoms with Gasteiger partial charge in [-0.3, -0.25) is 4.68 Å². The van der Waals surface area contributed by atoms with Crippen LogP contribution in [-0.2, 0) is 19.5 Å². The second kappa shape index (κ2) is 9.27. The zero-order chi connectivity index (χ0) is 19.2. The molecule has 0 radical (unpaired) electrons. The summed E-state index contributed by atoms with van der Waals surface area (Å²) in [5, 5.41) is 4.48. The molecule has 8 heteroatoms. The van der Waals surface area contributed by atoms with Gasteiger partial charge in [-0.1, -0.05) is 30.3 Å². The first kappa shape index (κ1) is 20.6. The van der Waals surface area contributed by atoms with E-state index in [9.17, 15) is 8.42 Å². The Balaban J connectivity index is 2.33. The van der Waals surface area contributed by atoms with Crippen LogP contribution < -0.4 is 4.72 Å². The van der Waals surface area contributed by atoms with Crippen molar-refractivity contribution < 1.29 is 17.9 Å². The van der Waals surface area contributed by atoms with Gasteiger partial charge in [0.25, 0.3) is 0 Å². The topological polar surface area (TPSA) is 82.5 Å². The number of hydrogen-bond acceptors (Lipinski definition) is 5. The van der Waals surface area contributed by atoms with Crippen molar-refractivity contribution in [2.45, 2.75) is 44.9 Å². The van der Waals surface area contributed by atoms with Crippen molar-refractivity contribution >= 4 is 10.0 Å². The van der Waals surface area contributed by atoms with E-state index in [1.54, 1.807) is 10.9 Å². The first-order valence-corrected chi connectivity index (χ1v) is 10.2. The summed E-state index contributed by atoms with van der Waals surface area (Å²) in [5.74, 6) is 0. The van der Waals surface area contributed by atoms with Crippen LogP contribution in [0.1, 0.15) is 33.7 Å². The van der Waals surface area contributed by atoms with Crippen LogP contribution in [0.25, 0.3) is 11.3 Å². The van der Waals surface area contributed by atoms with E-state index in [2.05, 4.69) is 9.82 Å². The third kappa shape index (κ3) is 5.14. The molecule has 0 fully saturated rings. The zero-order valence-corrected chi connectivity index (χ0v) is 16.5. The Morgan fingerprint density at radius 3 is 2.27 bits per heavy atom. The molecular formula is C18H27N3O4S. The van der Waals surface area contributed by atoms with E-state index in [0.717, 1.165) is 5.56 Å². The van der Waals surface area contributed by atoms with Gasteiger partial charge in [-0.2, -0.15) is 5.10 Å². The Morgan fingerprint density at radius 2 is 1.73 bits per heavy atom. The maximum atomic E-state index is 12.9. The van der Waals surface area contributed by atoms with Crippen molar-refractivity contribution in [2.24, 2.45) is 0 Å². The largest absolute Gasteiger partial charge is 0.352 e. The van der Waals surface area contributed by atoms with Gasteiger partial charge in [0.1, 0.15) is 10.6 Å². The number of aromatic nitrogens is 2. The average molecular weight is 381 g/mol. The van der Waals surface area contributed by atoms with Gasteiger partial charge in [0.2, 0.25) is 10.0 Å². The predicted molar refractivity (Wildman–Crippen MR) is 100 cm³/mol. The summed E-state index contributed by atoms with van der Waals surface area (Å²) in [6, 6.07) is 9.32. The van der Waals surface area contributed by atoms with E-state index in [-0.39, 0.29) is 17.5 Å². The monoisotopic (exact) mass is 381 g/mol. The number of nitrogens with one attached hydrogen (secondary N) is 1. The van der Waals surface area contributed by atoms with Crippen LogP contribution >= 0.6 is 0 Å². The SMILES string of the molecule is CCOC(CNS(=O)(=O)c1cn(C(C)C)nc1-c1ccccc1)OCC. The Kier molecular flexibility index (Phi) is 7.33. The lowest BCUT2D eigenvalue weighted by atomic mass is 10.2. The van der Waals surface area contributed by atoms with Gasteiger partial charge < -0.3 is 9.47 Å². The number of ether oxygens (including phenoxy) is 2. The van der Waals surface area contributed by atoms with Crippen molar-refractivity contribution in [3.05, 3.63) is 36.5 Å². The van der Waals surface area contributed by atoms with Crippen LogP contribution in [-0.4, -0.2) is 44.2 Å². The molecule has 0 saturated heterocycles. The maximum Gasteiger partial charge on any atom is 0.244 e. The lowest BCUT2D eigenvalue weighted by molar-refractivity contribution is -0.130. The highest BCUT2D eigenvalue weighted by Crippen LogP contribution is 2.27. The molecule has 1 aromatic heterocycles. The van der Waals surface area contributed by atoms with E-state index in [1.165, 1.54) is 0 Å². The van der Waals surface area contributed by atoms with Crippen LogP contribution in [0.2, 0.25) is 0 Å². The summed E-state index contributed by atoms with van der Waals surface area (Å²) in [7, 11) is -3.78. The third-order valence-electron chi connectivity index (χ3n) is 3.71. The second-order valence-electron chi connectivity index (χ2n) is 5.97. The molecule has 2 rings (SSSR count). The highest BCUT2D eigenvalue weighted by Gasteiger charge is 2.25. The molecule has 1 aromatic carbocycles. The van der Waals surface area contributed by atoms with Crippen molar-refractivity contribution in [1.29, 1.82) is 0 Å². The van der Waals surface area contributed by atoms with E-state index in [0.29, 0.717) is 18.9 Å². The summed E-state index contributed by atoms with van der Waals surface area (Å²) >= 11 is 0. The van der Waals surface area contributed by atoms with Gasteiger partial charge in [-0.05, 0) is 27.7 Å². The normalized spacial score (nSPS) is 12.2. The van der Waals surface area contributed by atoms with Gasteiger partial charge in [-0.15, -0.1) is 0 Å². The Bertz CT molecular complexity index is 782. The summed E-state index contributed by atoms with van der Waals surface area (Å²) in [6.45, 7) is 8.48. The molecule has 0 saturated carbocycles. The molecule has 0 spiro atoms. The molecule has 2 aromatic rings. The molecule has 0 aliphatic carbocycles. The van der Waals surface area contributed by atoms with Crippen LogP contribution in [0.5, 0.6) is 0 Å². The predicted octanol–water partition coefficient (Wildman–Crippen LogP) is 2.81. The standard InChI is InChI=1S/C18H27N3O4S/c1-5-24-17(25-6-2)12-19-26(22,23)16-13-21(14(3)4)20-18(16)15-10-8-7-9-11-15/h7-11,13-14,17,19H,5-6,12H2,1-4H3. The number of hydrogen-bond donors (Lipinski definition) is 1. The van der Waals surface area contributed by atoms with Gasteiger partial charge in [-0.25, -0.2) is 13.1 Å². The lowest BCUT2D eigenvalue weighted by Crippen LogP contribution is -2.35. The molecule has 0 aliphatic heterocycles. The number of benzene rings is 1. The third-order valence-corrected chi connectivity index (χ3v) is 5.13. The number of sulfonamides is 1. The average Bonchev–Trinajstić information content (AvgIpc) is 3.08. The van der Waals surface area contributed by atoms with Gasteiger partial charge in [0.05, 0.1) is 6.54 Å². The zero-order valence-electron chi connectivity index (χ0n) is 15.7. The highest BCUT2D eigenvalue weighted by molar-refractivity contribution is 7.89. The number of rotatable bonds is 10. The van der Waals surface area contributed by atoms with Crippen molar-refractivity contribution in [3.8, 4) is 11.3 Å². The molecule has 0 aliphatic rings. The van der Waals surface area contributed by atoms with E-state index in [4.69, 9.17) is 9.47 Å². The molecule has 0 amide bonds. The fraction of sp³-hybridized carbons (Fsp3) is 0.500. The van der Waals surface area contributed by atoms with Crippen LogP contribution in [0.3, 0.4) is 0 Å². The summed E-state index contributed by atoms with van der Waals surface area (Å²) in [5.41, 5.74) is 1.18. The fourth-order valence-electron chi connectivity index (χ4n) is 2.43. The molecule has 0 atom stereocenters. The van der Waals surface area contributed by atoms with Crippen LogP contribution in [0.4, 0.5) is 0 Å². The molecule has 0 bridgehead atoms. The Labute approximate surface area is 155 Å². The molecule has 7 nitrogen and oxygen atoms in total.